The van der Waals surface area contributed by atoms with E-state index in [9.17, 15) is 9.59 Å². The van der Waals surface area contributed by atoms with Gasteiger partial charge >= 0.3 is 0 Å². The van der Waals surface area contributed by atoms with Gasteiger partial charge in [-0.05, 0) is 24.3 Å². The summed E-state index contributed by atoms with van der Waals surface area (Å²) >= 11 is 1.35. The minimum absolute atomic E-state index is 0.0247. The third-order valence-electron chi connectivity index (χ3n) is 3.43. The molecule has 0 saturated carbocycles. The average molecular weight is 357 g/mol. The van der Waals surface area contributed by atoms with Gasteiger partial charge in [-0.15, -0.1) is 5.10 Å². The number of amides is 1. The Balaban J connectivity index is 1.85. The molecule has 10 nitrogen and oxygen atoms in total. The minimum atomic E-state index is -0.659. The van der Waals surface area contributed by atoms with Crippen LogP contribution < -0.4 is 15.6 Å². The molecule has 4 rings (SSSR count). The summed E-state index contributed by atoms with van der Waals surface area (Å²) in [6.07, 6.45) is 1.24. The van der Waals surface area contributed by atoms with Crippen LogP contribution in [0.2, 0.25) is 0 Å². The lowest BCUT2D eigenvalue weighted by molar-refractivity contribution is 0.102. The van der Waals surface area contributed by atoms with Gasteiger partial charge in [-0.3, -0.25) is 19.3 Å². The summed E-state index contributed by atoms with van der Waals surface area (Å²) in [5.41, 5.74) is 0.0346. The predicted molar refractivity (Wildman–Crippen MR) is 90.1 cm³/mol. The molecule has 0 fully saturated rings. The lowest BCUT2D eigenvalue weighted by Gasteiger charge is -2.03. The van der Waals surface area contributed by atoms with E-state index in [1.807, 2.05) is 19.1 Å². The van der Waals surface area contributed by atoms with Crippen LogP contribution in [0.15, 0.2) is 29.2 Å². The fourth-order valence-electron chi connectivity index (χ4n) is 2.38. The fourth-order valence-corrected chi connectivity index (χ4v) is 3.34. The van der Waals surface area contributed by atoms with Crippen LogP contribution in [-0.4, -0.2) is 42.5 Å². The first-order valence-corrected chi connectivity index (χ1v) is 8.11. The molecule has 11 heteroatoms. The Hall–Kier alpha value is -3.34. The topological polar surface area (TPSA) is 127 Å². The maximum atomic E-state index is 12.8. The number of anilines is 1. The zero-order valence-corrected chi connectivity index (χ0v) is 13.7. The van der Waals surface area contributed by atoms with Gasteiger partial charge in [-0.25, -0.2) is 4.98 Å². The highest BCUT2D eigenvalue weighted by molar-refractivity contribution is 7.23. The summed E-state index contributed by atoms with van der Waals surface area (Å²) in [5, 5.41) is 15.2. The van der Waals surface area contributed by atoms with E-state index >= 15 is 0 Å². The van der Waals surface area contributed by atoms with Crippen molar-refractivity contribution in [2.75, 3.05) is 11.9 Å². The van der Waals surface area contributed by atoms with E-state index in [0.29, 0.717) is 22.8 Å². The van der Waals surface area contributed by atoms with Gasteiger partial charge < -0.3 is 4.74 Å². The Morgan fingerprint density at radius 1 is 1.44 bits per heavy atom. The second-order valence-electron chi connectivity index (χ2n) is 4.95. The van der Waals surface area contributed by atoms with Crippen molar-refractivity contribution in [3.05, 3.63) is 40.3 Å². The van der Waals surface area contributed by atoms with Crippen LogP contribution in [0.25, 0.3) is 15.2 Å². The van der Waals surface area contributed by atoms with Crippen molar-refractivity contribution >= 4 is 38.4 Å². The number of nitrogens with one attached hydrogen (secondary N) is 2. The summed E-state index contributed by atoms with van der Waals surface area (Å²) in [7, 11) is 0. The summed E-state index contributed by atoms with van der Waals surface area (Å²) < 4.78 is 7.74. The second kappa shape index (κ2) is 5.94. The second-order valence-corrected chi connectivity index (χ2v) is 5.96. The zero-order valence-electron chi connectivity index (χ0n) is 12.9. The van der Waals surface area contributed by atoms with Crippen LogP contribution in [0.5, 0.6) is 5.75 Å². The van der Waals surface area contributed by atoms with E-state index in [-0.39, 0.29) is 11.5 Å². The highest BCUT2D eigenvalue weighted by Gasteiger charge is 2.18. The molecule has 2 N–H and O–H groups in total. The number of aromatic amines is 1. The van der Waals surface area contributed by atoms with Gasteiger partial charge in [0.1, 0.15) is 11.3 Å². The monoisotopic (exact) mass is 357 g/mol. The summed E-state index contributed by atoms with van der Waals surface area (Å²) in [4.78, 5) is 29.8. The first kappa shape index (κ1) is 15.2. The molecule has 0 aliphatic rings. The maximum Gasteiger partial charge on any atom is 0.271 e. The van der Waals surface area contributed by atoms with Gasteiger partial charge in [0.05, 0.1) is 16.8 Å². The highest BCUT2D eigenvalue weighted by Crippen LogP contribution is 2.27. The maximum absolute atomic E-state index is 12.8. The standard InChI is InChI=1S/C14H11N7O3S/c1-2-24-7-3-4-10-9(5-7)21-12(23)8(6-15-14(21)25-10)11(22)16-13-17-19-20-18-13/h3-6H,2H2,1H3,(H2,16,17,18,19,20,22). The molecule has 3 aromatic heterocycles. The zero-order chi connectivity index (χ0) is 17.4. The molecule has 3 heterocycles. The SMILES string of the molecule is CCOc1ccc2sc3ncc(C(=O)Nc4nn[nH]n4)c(=O)n3c2c1. The summed E-state index contributed by atoms with van der Waals surface area (Å²) in [6.45, 7) is 2.39. The number of carbonyl (C=O) groups excluding carboxylic acids is 1. The van der Waals surface area contributed by atoms with Crippen LogP contribution in [0.3, 0.4) is 0 Å². The number of aromatic nitrogens is 6. The van der Waals surface area contributed by atoms with E-state index in [1.54, 1.807) is 6.07 Å². The number of tetrazole rings is 1. The lowest BCUT2D eigenvalue weighted by Crippen LogP contribution is -2.26. The van der Waals surface area contributed by atoms with Gasteiger partial charge in [0.15, 0.2) is 4.96 Å². The predicted octanol–water partition coefficient (Wildman–Crippen LogP) is 1.07. The molecule has 0 aliphatic heterocycles. The molecule has 0 bridgehead atoms. The molecule has 126 valence electrons. The van der Waals surface area contributed by atoms with Crippen molar-refractivity contribution in [1.82, 2.24) is 30.0 Å². The number of carbonyl (C=O) groups is 1. The van der Waals surface area contributed by atoms with Crippen LogP contribution in [0.4, 0.5) is 5.95 Å². The first-order valence-electron chi connectivity index (χ1n) is 7.29. The number of hydrogen-bond acceptors (Lipinski definition) is 8. The Labute approximate surface area is 143 Å². The number of ether oxygens (including phenoxy) is 1. The largest absolute Gasteiger partial charge is 0.494 e. The van der Waals surface area contributed by atoms with Gasteiger partial charge in [-0.2, -0.15) is 5.21 Å². The van der Waals surface area contributed by atoms with Crippen molar-refractivity contribution in [2.45, 2.75) is 6.92 Å². The highest BCUT2D eigenvalue weighted by atomic mass is 32.1. The lowest BCUT2D eigenvalue weighted by atomic mass is 10.3. The number of hydrogen-bond donors (Lipinski definition) is 2. The van der Waals surface area contributed by atoms with Crippen molar-refractivity contribution in [2.24, 2.45) is 0 Å². The van der Waals surface area contributed by atoms with Crippen LogP contribution in [0, 0.1) is 0 Å². The summed E-state index contributed by atoms with van der Waals surface area (Å²) in [6, 6.07) is 5.45. The van der Waals surface area contributed by atoms with Crippen molar-refractivity contribution in [1.29, 1.82) is 0 Å². The molecule has 0 atom stereocenters. The molecule has 4 aromatic rings. The number of H-pyrrole nitrogens is 1. The van der Waals surface area contributed by atoms with Crippen molar-refractivity contribution < 1.29 is 9.53 Å². The molecule has 0 aliphatic carbocycles. The molecule has 0 spiro atoms. The Bertz CT molecular complexity index is 1130. The van der Waals surface area contributed by atoms with Crippen molar-refractivity contribution in [3.63, 3.8) is 0 Å². The molecule has 0 unspecified atom stereocenters. The molecule has 25 heavy (non-hydrogen) atoms. The van der Waals surface area contributed by atoms with Crippen LogP contribution >= 0.6 is 11.3 Å². The van der Waals surface area contributed by atoms with E-state index in [1.165, 1.54) is 21.9 Å². The molecule has 0 radical (unpaired) electrons. The number of benzene rings is 1. The fraction of sp³-hybridized carbons (Fsp3) is 0.143. The molecular formula is C14H11N7O3S. The third-order valence-corrected chi connectivity index (χ3v) is 4.46. The van der Waals surface area contributed by atoms with Crippen LogP contribution in [0.1, 0.15) is 17.3 Å². The quantitative estimate of drug-likeness (QED) is 0.559. The number of rotatable bonds is 4. The van der Waals surface area contributed by atoms with Gasteiger partial charge in [0.25, 0.3) is 17.4 Å². The minimum Gasteiger partial charge on any atom is -0.494 e. The van der Waals surface area contributed by atoms with Crippen LogP contribution in [-0.2, 0) is 0 Å². The number of nitrogens with zero attached hydrogens (tertiary/aromatic N) is 5. The third kappa shape index (κ3) is 2.59. The first-order chi connectivity index (χ1) is 12.2. The van der Waals surface area contributed by atoms with E-state index in [4.69, 9.17) is 4.74 Å². The van der Waals surface area contributed by atoms with Gasteiger partial charge in [-0.1, -0.05) is 16.4 Å². The Morgan fingerprint density at radius 3 is 3.08 bits per heavy atom. The molecule has 0 saturated heterocycles. The van der Waals surface area contributed by atoms with Crippen molar-refractivity contribution in [3.8, 4) is 5.75 Å². The summed E-state index contributed by atoms with van der Waals surface area (Å²) in [5.74, 6) is -0.0415. The van der Waals surface area contributed by atoms with Gasteiger partial charge in [0, 0.05) is 12.3 Å². The Kier molecular flexibility index (Phi) is 3.61. The molecular weight excluding hydrogens is 346 g/mol. The van der Waals surface area contributed by atoms with E-state index in [0.717, 1.165) is 4.70 Å². The van der Waals surface area contributed by atoms with Gasteiger partial charge in [0.2, 0.25) is 0 Å². The van der Waals surface area contributed by atoms with E-state index in [2.05, 4.69) is 30.9 Å². The molecule has 1 aromatic carbocycles. The number of fused-ring (bicyclic) bond motifs is 3. The average Bonchev–Trinajstić information content (AvgIpc) is 3.22. The smallest absolute Gasteiger partial charge is 0.271 e. The Morgan fingerprint density at radius 2 is 2.32 bits per heavy atom. The molecule has 1 amide bonds. The number of thiazole rings is 1. The van der Waals surface area contributed by atoms with E-state index < -0.39 is 11.5 Å². The normalized spacial score (nSPS) is 11.1.